The Hall–Kier alpha value is -3.80. The molecule has 0 saturated carbocycles. The minimum absolute atomic E-state index is 0.0178. The van der Waals surface area contributed by atoms with E-state index in [0.717, 1.165) is 4.57 Å². The molecule has 36 heavy (non-hydrogen) atoms. The second kappa shape index (κ2) is 9.69. The number of hydrogen-bond acceptors (Lipinski definition) is 9. The van der Waals surface area contributed by atoms with Gasteiger partial charge in [0.25, 0.3) is 5.91 Å². The number of carbonyl (C=O) groups is 4. The first kappa shape index (κ1) is 28.4. The summed E-state index contributed by atoms with van der Waals surface area (Å²) in [5, 5.41) is 9.52. The molecule has 2 rings (SSSR count). The van der Waals surface area contributed by atoms with Crippen LogP contribution >= 0.6 is 0 Å². The molecule has 3 amide bonds. The van der Waals surface area contributed by atoms with Gasteiger partial charge in [0.05, 0.1) is 16.8 Å². The fraction of sp³-hybridized carbons (Fsp3) is 0.500. The number of aromatic nitrogens is 1. The molecule has 2 aromatic rings. The average Bonchev–Trinajstić information content (AvgIpc) is 2.97. The predicted octanol–water partition coefficient (Wildman–Crippen LogP) is 5.00. The van der Waals surface area contributed by atoms with Gasteiger partial charge in [0, 0.05) is 5.39 Å². The summed E-state index contributed by atoms with van der Waals surface area (Å²) in [6.07, 6.45) is -3.46. The predicted molar refractivity (Wildman–Crippen MR) is 132 cm³/mol. The third-order valence-electron chi connectivity index (χ3n) is 4.26. The standard InChI is InChI=1S/C24H34N4O8/c1-22(2,3)34-19(30)27-15-12-13(26-33)10-11-14(15)16(17(25)29)18(27)28(20(31)35-23(4,5)6)21(32)36-24(7,8)9/h10-12,26,33H,1-9H3,(H2,25,29). The first-order valence-corrected chi connectivity index (χ1v) is 11.1. The first-order chi connectivity index (χ1) is 16.3. The highest BCUT2D eigenvalue weighted by atomic mass is 16.6. The molecule has 0 atom stereocenters. The number of primary amides is 1. The van der Waals surface area contributed by atoms with Crippen LogP contribution in [0.1, 0.15) is 72.7 Å². The summed E-state index contributed by atoms with van der Waals surface area (Å²) in [5.74, 6) is -1.57. The Balaban J connectivity index is 3.03. The molecule has 0 unspecified atom stereocenters. The van der Waals surface area contributed by atoms with Crippen molar-refractivity contribution in [2.45, 2.75) is 79.1 Å². The van der Waals surface area contributed by atoms with Crippen molar-refractivity contribution < 1.29 is 38.6 Å². The van der Waals surface area contributed by atoms with Gasteiger partial charge in [-0.25, -0.2) is 19.0 Å². The number of carbonyl (C=O) groups excluding carboxylic acids is 4. The van der Waals surface area contributed by atoms with Gasteiger partial charge in [-0.05, 0) is 80.5 Å². The number of amides is 3. The van der Waals surface area contributed by atoms with Crippen molar-refractivity contribution in [3.05, 3.63) is 23.8 Å². The van der Waals surface area contributed by atoms with Gasteiger partial charge in [0.15, 0.2) is 5.82 Å². The van der Waals surface area contributed by atoms with Crippen LogP contribution in [0, 0.1) is 0 Å². The topological polar surface area (TPSA) is 162 Å². The van der Waals surface area contributed by atoms with Crippen molar-refractivity contribution in [3.8, 4) is 0 Å². The Morgan fingerprint density at radius 3 is 1.72 bits per heavy atom. The molecule has 0 aliphatic carbocycles. The number of nitrogens with two attached hydrogens (primary N) is 1. The molecule has 1 aromatic carbocycles. The molecular formula is C24H34N4O8. The lowest BCUT2D eigenvalue weighted by Crippen LogP contribution is -2.46. The van der Waals surface area contributed by atoms with E-state index < -0.39 is 46.8 Å². The van der Waals surface area contributed by atoms with Gasteiger partial charge in [-0.15, -0.1) is 0 Å². The monoisotopic (exact) mass is 506 g/mol. The zero-order valence-corrected chi connectivity index (χ0v) is 22.0. The molecule has 0 aliphatic rings. The number of hydrogen-bond donors (Lipinski definition) is 3. The molecule has 1 heterocycles. The maximum absolute atomic E-state index is 13.4. The van der Waals surface area contributed by atoms with Gasteiger partial charge in [-0.2, -0.15) is 4.90 Å². The Morgan fingerprint density at radius 2 is 1.33 bits per heavy atom. The molecule has 1 aromatic heterocycles. The van der Waals surface area contributed by atoms with Gasteiger partial charge in [-0.1, -0.05) is 0 Å². The number of nitrogens with zero attached hydrogens (tertiary/aromatic N) is 2. The summed E-state index contributed by atoms with van der Waals surface area (Å²) in [5.41, 5.74) is 4.36. The zero-order chi connectivity index (χ0) is 27.8. The number of benzene rings is 1. The summed E-state index contributed by atoms with van der Waals surface area (Å²) in [6, 6.07) is 4.11. The van der Waals surface area contributed by atoms with E-state index in [1.807, 2.05) is 5.48 Å². The lowest BCUT2D eigenvalue weighted by atomic mass is 10.1. The quantitative estimate of drug-likeness (QED) is 0.384. The normalized spacial score (nSPS) is 12.2. The van der Waals surface area contributed by atoms with Crippen LogP contribution in [0.15, 0.2) is 18.2 Å². The summed E-state index contributed by atoms with van der Waals surface area (Å²) < 4.78 is 17.2. The zero-order valence-electron chi connectivity index (χ0n) is 22.0. The van der Waals surface area contributed by atoms with Gasteiger partial charge in [-0.3, -0.25) is 15.5 Å². The van der Waals surface area contributed by atoms with Gasteiger partial charge in [0.1, 0.15) is 16.8 Å². The second-order valence-electron chi connectivity index (χ2n) is 11.0. The van der Waals surface area contributed by atoms with E-state index >= 15 is 0 Å². The molecule has 0 spiro atoms. The molecular weight excluding hydrogens is 472 g/mol. The molecule has 0 bridgehead atoms. The molecule has 12 heteroatoms. The molecule has 0 fully saturated rings. The maximum Gasteiger partial charge on any atom is 0.425 e. The van der Waals surface area contributed by atoms with E-state index in [-0.39, 0.29) is 22.2 Å². The van der Waals surface area contributed by atoms with E-state index in [0.29, 0.717) is 4.90 Å². The Kier molecular flexibility index (Phi) is 7.65. The molecule has 198 valence electrons. The highest BCUT2D eigenvalue weighted by molar-refractivity contribution is 6.21. The molecule has 0 radical (unpaired) electrons. The van der Waals surface area contributed by atoms with Crippen LogP contribution in [0.25, 0.3) is 10.9 Å². The highest BCUT2D eigenvalue weighted by Gasteiger charge is 2.40. The third kappa shape index (κ3) is 6.66. The summed E-state index contributed by atoms with van der Waals surface area (Å²) in [6.45, 7) is 14.3. The van der Waals surface area contributed by atoms with Crippen LogP contribution in [-0.4, -0.2) is 50.8 Å². The number of imide groups is 1. The van der Waals surface area contributed by atoms with Crippen LogP contribution in [0.5, 0.6) is 0 Å². The SMILES string of the molecule is CC(C)(C)OC(=O)N(C(=O)OC(C)(C)C)c1c(C(N)=O)c2ccc(NO)cc2n1C(=O)OC(C)(C)C. The second-order valence-corrected chi connectivity index (χ2v) is 11.0. The Morgan fingerprint density at radius 1 is 0.861 bits per heavy atom. The van der Waals surface area contributed by atoms with Crippen LogP contribution in [0.3, 0.4) is 0 Å². The lowest BCUT2D eigenvalue weighted by molar-refractivity contribution is 0.0426. The van der Waals surface area contributed by atoms with E-state index in [9.17, 15) is 24.4 Å². The molecule has 0 saturated heterocycles. The number of fused-ring (bicyclic) bond motifs is 1. The first-order valence-electron chi connectivity index (χ1n) is 11.1. The van der Waals surface area contributed by atoms with Crippen LogP contribution < -0.4 is 16.1 Å². The third-order valence-corrected chi connectivity index (χ3v) is 4.26. The fourth-order valence-electron chi connectivity index (χ4n) is 3.15. The molecule has 0 aliphatic heterocycles. The van der Waals surface area contributed by atoms with E-state index in [4.69, 9.17) is 19.9 Å². The van der Waals surface area contributed by atoms with Gasteiger partial charge < -0.3 is 19.9 Å². The molecule has 12 nitrogen and oxygen atoms in total. The van der Waals surface area contributed by atoms with Crippen molar-refractivity contribution in [1.29, 1.82) is 0 Å². The van der Waals surface area contributed by atoms with E-state index in [1.54, 1.807) is 62.3 Å². The van der Waals surface area contributed by atoms with Crippen molar-refractivity contribution in [3.63, 3.8) is 0 Å². The fourth-order valence-corrected chi connectivity index (χ4v) is 3.15. The van der Waals surface area contributed by atoms with Crippen molar-refractivity contribution >= 4 is 46.6 Å². The minimum atomic E-state index is -1.22. The summed E-state index contributed by atoms with van der Waals surface area (Å²) in [4.78, 5) is 53.3. The number of ether oxygens (including phenoxy) is 3. The number of nitrogens with one attached hydrogen (secondary N) is 1. The number of rotatable bonds is 3. The summed E-state index contributed by atoms with van der Waals surface area (Å²) >= 11 is 0. The van der Waals surface area contributed by atoms with Crippen LogP contribution in [0.4, 0.5) is 25.9 Å². The van der Waals surface area contributed by atoms with Gasteiger partial charge >= 0.3 is 18.3 Å². The number of anilines is 2. The maximum atomic E-state index is 13.4. The lowest BCUT2D eigenvalue weighted by Gasteiger charge is -2.29. The van der Waals surface area contributed by atoms with Crippen molar-refractivity contribution in [2.75, 3.05) is 10.4 Å². The molecule has 4 N–H and O–H groups in total. The van der Waals surface area contributed by atoms with Crippen LogP contribution in [-0.2, 0) is 14.2 Å². The van der Waals surface area contributed by atoms with Gasteiger partial charge in [0.2, 0.25) is 0 Å². The largest absolute Gasteiger partial charge is 0.443 e. The minimum Gasteiger partial charge on any atom is -0.443 e. The van der Waals surface area contributed by atoms with Crippen molar-refractivity contribution in [1.82, 2.24) is 4.57 Å². The Bertz CT molecular complexity index is 1170. The summed E-state index contributed by atoms with van der Waals surface area (Å²) in [7, 11) is 0. The van der Waals surface area contributed by atoms with E-state index in [2.05, 4.69) is 0 Å². The Labute approximate surface area is 209 Å². The van der Waals surface area contributed by atoms with Crippen LogP contribution in [0.2, 0.25) is 0 Å². The smallest absolute Gasteiger partial charge is 0.425 e. The average molecular weight is 507 g/mol. The highest BCUT2D eigenvalue weighted by Crippen LogP contribution is 2.36. The van der Waals surface area contributed by atoms with E-state index in [1.165, 1.54) is 18.2 Å². The van der Waals surface area contributed by atoms with Crippen molar-refractivity contribution in [2.24, 2.45) is 5.73 Å².